The lowest BCUT2D eigenvalue weighted by atomic mass is 10.1. The number of fused-ring (bicyclic) bond motifs is 1. The van der Waals surface area contributed by atoms with E-state index in [0.717, 1.165) is 5.69 Å². The number of carbonyl (C=O) groups is 2. The monoisotopic (exact) mass is 382 g/mol. The maximum atomic E-state index is 12.5. The minimum Gasteiger partial charge on any atom is -0.461 e. The number of hydrogen-bond donors (Lipinski definition) is 2. The quantitative estimate of drug-likeness (QED) is 0.795. The van der Waals surface area contributed by atoms with Crippen molar-refractivity contribution in [3.05, 3.63) is 45.2 Å². The molecule has 0 radical (unpaired) electrons. The Kier molecular flexibility index (Phi) is 5.15. The van der Waals surface area contributed by atoms with Crippen LogP contribution in [0.2, 0.25) is 10.0 Å². The zero-order valence-electron chi connectivity index (χ0n) is 13.4. The van der Waals surface area contributed by atoms with Crippen LogP contribution in [0.25, 0.3) is 0 Å². The number of benzene rings is 1. The molecule has 0 bridgehead atoms. The van der Waals surface area contributed by atoms with Gasteiger partial charge in [-0.3, -0.25) is 5.10 Å². The van der Waals surface area contributed by atoms with Gasteiger partial charge in [0, 0.05) is 29.9 Å². The first-order valence-electron chi connectivity index (χ1n) is 7.73. The molecule has 1 aliphatic heterocycles. The first-order chi connectivity index (χ1) is 12.0. The molecule has 0 spiro atoms. The predicted octanol–water partition coefficient (Wildman–Crippen LogP) is 3.48. The van der Waals surface area contributed by atoms with Gasteiger partial charge in [-0.05, 0) is 25.1 Å². The van der Waals surface area contributed by atoms with Crippen LogP contribution >= 0.6 is 23.2 Å². The number of ether oxygens (including phenoxy) is 1. The molecule has 1 aromatic heterocycles. The molecule has 132 valence electrons. The maximum absolute atomic E-state index is 12.5. The normalized spacial score (nSPS) is 13.3. The average Bonchev–Trinajstić information content (AvgIpc) is 3.01. The molecule has 0 aliphatic carbocycles. The number of hydrogen-bond acceptors (Lipinski definition) is 4. The number of anilines is 1. The lowest BCUT2D eigenvalue weighted by molar-refractivity contribution is 0.0517. The van der Waals surface area contributed by atoms with E-state index in [4.69, 9.17) is 27.9 Å². The Morgan fingerprint density at radius 3 is 2.88 bits per heavy atom. The van der Waals surface area contributed by atoms with E-state index in [2.05, 4.69) is 15.5 Å². The molecule has 1 aromatic carbocycles. The predicted molar refractivity (Wildman–Crippen MR) is 94.1 cm³/mol. The van der Waals surface area contributed by atoms with Crippen molar-refractivity contribution < 1.29 is 14.3 Å². The maximum Gasteiger partial charge on any atom is 0.359 e. The van der Waals surface area contributed by atoms with Crippen molar-refractivity contribution in [3.8, 4) is 0 Å². The van der Waals surface area contributed by atoms with Crippen molar-refractivity contribution in [2.24, 2.45) is 0 Å². The summed E-state index contributed by atoms with van der Waals surface area (Å²) >= 11 is 11.8. The van der Waals surface area contributed by atoms with Crippen LogP contribution in [0.4, 0.5) is 10.5 Å². The third-order valence-corrected chi connectivity index (χ3v) is 4.60. The highest BCUT2D eigenvalue weighted by atomic mass is 35.5. The van der Waals surface area contributed by atoms with Crippen LogP contribution in [0.15, 0.2) is 18.2 Å². The number of esters is 1. The summed E-state index contributed by atoms with van der Waals surface area (Å²) in [7, 11) is 0. The molecule has 9 heteroatoms. The van der Waals surface area contributed by atoms with Crippen LogP contribution in [0.1, 0.15) is 28.7 Å². The summed E-state index contributed by atoms with van der Waals surface area (Å²) in [6, 6.07) is 4.57. The molecule has 2 heterocycles. The minimum absolute atomic E-state index is 0.226. The van der Waals surface area contributed by atoms with Crippen LogP contribution < -0.4 is 5.32 Å². The topological polar surface area (TPSA) is 87.3 Å². The molecule has 1 aliphatic rings. The van der Waals surface area contributed by atoms with Gasteiger partial charge in [0.1, 0.15) is 0 Å². The van der Waals surface area contributed by atoms with E-state index in [1.807, 2.05) is 0 Å². The minimum atomic E-state index is -0.494. The smallest absolute Gasteiger partial charge is 0.359 e. The Morgan fingerprint density at radius 2 is 2.16 bits per heavy atom. The number of aromatic nitrogens is 2. The lowest BCUT2D eigenvalue weighted by Crippen LogP contribution is -2.39. The molecular weight excluding hydrogens is 367 g/mol. The van der Waals surface area contributed by atoms with Gasteiger partial charge in [-0.25, -0.2) is 9.59 Å². The molecule has 25 heavy (non-hydrogen) atoms. The Morgan fingerprint density at radius 1 is 1.36 bits per heavy atom. The number of H-pyrrole nitrogens is 1. The molecule has 3 rings (SSSR count). The summed E-state index contributed by atoms with van der Waals surface area (Å²) in [6.45, 7) is 2.77. The number of nitrogens with one attached hydrogen (secondary N) is 2. The Balaban J connectivity index is 1.73. The Bertz CT molecular complexity index is 822. The summed E-state index contributed by atoms with van der Waals surface area (Å²) in [5.41, 5.74) is 2.31. The summed E-state index contributed by atoms with van der Waals surface area (Å²) < 4.78 is 5.00. The van der Waals surface area contributed by atoms with Crippen LogP contribution in [0.3, 0.4) is 0 Å². The summed E-state index contributed by atoms with van der Waals surface area (Å²) in [5.74, 6) is -0.494. The lowest BCUT2D eigenvalue weighted by Gasteiger charge is -2.27. The van der Waals surface area contributed by atoms with Gasteiger partial charge in [0.05, 0.1) is 23.2 Å². The van der Waals surface area contributed by atoms with Gasteiger partial charge in [0.25, 0.3) is 0 Å². The van der Waals surface area contributed by atoms with E-state index in [0.29, 0.717) is 34.3 Å². The van der Waals surface area contributed by atoms with E-state index in [1.54, 1.807) is 30.0 Å². The first-order valence-corrected chi connectivity index (χ1v) is 8.49. The SMILES string of the molecule is CCOC(=O)c1n[nH]c2c1CN(C(=O)Nc1ccc(Cl)c(Cl)c1)CC2. The zero-order valence-corrected chi connectivity index (χ0v) is 14.9. The standard InChI is InChI=1S/C16H16Cl2N4O3/c1-2-25-15(23)14-10-8-22(6-5-13(10)20-21-14)16(24)19-9-3-4-11(17)12(18)7-9/h3-4,7H,2,5-6,8H2,1H3,(H,19,24)(H,20,21). The molecule has 2 aromatic rings. The van der Waals surface area contributed by atoms with Gasteiger partial charge in [0.2, 0.25) is 0 Å². The average molecular weight is 383 g/mol. The molecule has 0 atom stereocenters. The van der Waals surface area contributed by atoms with E-state index in [9.17, 15) is 9.59 Å². The summed E-state index contributed by atoms with van der Waals surface area (Å²) in [4.78, 5) is 26.1. The van der Waals surface area contributed by atoms with E-state index in [-0.39, 0.29) is 24.9 Å². The largest absolute Gasteiger partial charge is 0.461 e. The molecule has 0 fully saturated rings. The first kappa shape index (κ1) is 17.6. The van der Waals surface area contributed by atoms with Gasteiger partial charge >= 0.3 is 12.0 Å². The van der Waals surface area contributed by atoms with Gasteiger partial charge in [-0.2, -0.15) is 5.10 Å². The van der Waals surface area contributed by atoms with Crippen LogP contribution in [-0.4, -0.2) is 40.2 Å². The van der Waals surface area contributed by atoms with Crippen LogP contribution in [0, 0.1) is 0 Å². The highest BCUT2D eigenvalue weighted by Crippen LogP contribution is 2.26. The molecule has 7 nitrogen and oxygen atoms in total. The molecule has 0 unspecified atom stereocenters. The second kappa shape index (κ2) is 7.33. The Labute approximate surface area is 154 Å². The van der Waals surface area contributed by atoms with E-state index in [1.165, 1.54) is 0 Å². The van der Waals surface area contributed by atoms with Crippen LogP contribution in [0.5, 0.6) is 0 Å². The van der Waals surface area contributed by atoms with Crippen molar-refractivity contribution in [2.45, 2.75) is 19.9 Å². The van der Waals surface area contributed by atoms with Crippen molar-refractivity contribution in [2.75, 3.05) is 18.5 Å². The van der Waals surface area contributed by atoms with E-state index < -0.39 is 5.97 Å². The third-order valence-electron chi connectivity index (χ3n) is 3.86. The van der Waals surface area contributed by atoms with Crippen molar-refractivity contribution in [3.63, 3.8) is 0 Å². The summed E-state index contributed by atoms with van der Waals surface area (Å²) in [6.07, 6.45) is 0.580. The van der Waals surface area contributed by atoms with Crippen LogP contribution in [-0.2, 0) is 17.7 Å². The number of amides is 2. The summed E-state index contributed by atoms with van der Waals surface area (Å²) in [5, 5.41) is 10.4. The van der Waals surface area contributed by atoms with Gasteiger partial charge < -0.3 is 15.0 Å². The molecule has 2 N–H and O–H groups in total. The molecular formula is C16H16Cl2N4O3. The Hall–Kier alpha value is -2.25. The number of urea groups is 1. The van der Waals surface area contributed by atoms with Crippen molar-refractivity contribution >= 4 is 40.9 Å². The van der Waals surface area contributed by atoms with E-state index >= 15 is 0 Å². The van der Waals surface area contributed by atoms with Crippen molar-refractivity contribution in [1.29, 1.82) is 0 Å². The van der Waals surface area contributed by atoms with Gasteiger partial charge in [-0.1, -0.05) is 23.2 Å². The fraction of sp³-hybridized carbons (Fsp3) is 0.312. The van der Waals surface area contributed by atoms with Crippen molar-refractivity contribution in [1.82, 2.24) is 15.1 Å². The number of rotatable bonds is 3. The molecule has 2 amide bonds. The molecule has 0 saturated carbocycles. The fourth-order valence-corrected chi connectivity index (χ4v) is 2.91. The number of nitrogens with zero attached hydrogens (tertiary/aromatic N) is 2. The highest BCUT2D eigenvalue weighted by Gasteiger charge is 2.28. The zero-order chi connectivity index (χ0) is 18.0. The fourth-order valence-electron chi connectivity index (χ4n) is 2.61. The number of aromatic amines is 1. The third kappa shape index (κ3) is 3.72. The van der Waals surface area contributed by atoms with Gasteiger partial charge in [0.15, 0.2) is 5.69 Å². The molecule has 0 saturated heterocycles. The number of halogens is 2. The van der Waals surface area contributed by atoms with Gasteiger partial charge in [-0.15, -0.1) is 0 Å². The number of carbonyl (C=O) groups excluding carboxylic acids is 2. The second-order valence-corrected chi connectivity index (χ2v) is 6.29. The highest BCUT2D eigenvalue weighted by molar-refractivity contribution is 6.42. The second-order valence-electron chi connectivity index (χ2n) is 5.48.